The topological polar surface area (TPSA) is 60.9 Å². The predicted molar refractivity (Wildman–Crippen MR) is 64.6 cm³/mol. The van der Waals surface area contributed by atoms with E-state index in [2.05, 4.69) is 4.90 Å². The number of aliphatic carboxylic acids is 1. The van der Waals surface area contributed by atoms with Crippen molar-refractivity contribution in [1.29, 1.82) is 0 Å². The molecule has 1 aliphatic heterocycles. The van der Waals surface area contributed by atoms with E-state index in [0.717, 1.165) is 19.5 Å². The molecule has 5 nitrogen and oxygen atoms in total. The highest BCUT2D eigenvalue weighted by molar-refractivity contribution is 5.97. The maximum Gasteiger partial charge on any atom is 0.316 e. The van der Waals surface area contributed by atoms with Crippen LogP contribution in [0.15, 0.2) is 0 Å². The Labute approximate surface area is 102 Å². The number of nitrogens with zero attached hydrogens (tertiary/aromatic N) is 2. The summed E-state index contributed by atoms with van der Waals surface area (Å²) >= 11 is 0. The van der Waals surface area contributed by atoms with E-state index in [0.29, 0.717) is 0 Å². The molecule has 0 aromatic rings. The minimum atomic E-state index is -1.02. The van der Waals surface area contributed by atoms with Gasteiger partial charge in [0.2, 0.25) is 5.91 Å². The molecule has 0 bridgehead atoms. The quantitative estimate of drug-likeness (QED) is 0.730. The van der Waals surface area contributed by atoms with Gasteiger partial charge in [0.25, 0.3) is 0 Å². The second-order valence-corrected chi connectivity index (χ2v) is 5.21. The summed E-state index contributed by atoms with van der Waals surface area (Å²) < 4.78 is 0. The lowest BCUT2D eigenvalue weighted by atomic mass is 9.94. The molecule has 0 radical (unpaired) electrons. The fourth-order valence-electron chi connectivity index (χ4n) is 2.30. The molecule has 1 rings (SSSR count). The van der Waals surface area contributed by atoms with Crippen molar-refractivity contribution in [3.63, 3.8) is 0 Å². The van der Waals surface area contributed by atoms with Crippen LogP contribution in [0.4, 0.5) is 0 Å². The third-order valence-corrected chi connectivity index (χ3v) is 3.46. The summed E-state index contributed by atoms with van der Waals surface area (Å²) in [6, 6.07) is 0.146. The molecule has 1 saturated heterocycles. The average molecular weight is 242 g/mol. The van der Waals surface area contributed by atoms with E-state index >= 15 is 0 Å². The van der Waals surface area contributed by atoms with E-state index in [9.17, 15) is 9.59 Å². The highest BCUT2D eigenvalue weighted by Crippen LogP contribution is 2.19. The largest absolute Gasteiger partial charge is 0.481 e. The van der Waals surface area contributed by atoms with Crippen LogP contribution in [0.1, 0.15) is 20.3 Å². The highest BCUT2D eigenvalue weighted by atomic mass is 16.4. The van der Waals surface area contributed by atoms with Crippen LogP contribution in [-0.4, -0.2) is 60.0 Å². The lowest BCUT2D eigenvalue weighted by Gasteiger charge is -2.28. The molecule has 0 aliphatic carbocycles. The SMILES string of the molecule is CC(C)C(C(=O)O)C(=O)N(C)C1CCN(C)C1. The van der Waals surface area contributed by atoms with E-state index < -0.39 is 11.9 Å². The Balaban J connectivity index is 2.70. The molecule has 2 unspecified atom stereocenters. The van der Waals surface area contributed by atoms with Crippen molar-refractivity contribution in [2.45, 2.75) is 26.3 Å². The van der Waals surface area contributed by atoms with Gasteiger partial charge in [-0.05, 0) is 25.9 Å². The first-order chi connectivity index (χ1) is 7.84. The van der Waals surface area contributed by atoms with Crippen molar-refractivity contribution >= 4 is 11.9 Å². The summed E-state index contributed by atoms with van der Waals surface area (Å²) in [5, 5.41) is 9.10. The number of hydrogen-bond donors (Lipinski definition) is 1. The molecule has 98 valence electrons. The monoisotopic (exact) mass is 242 g/mol. The Morgan fingerprint density at radius 2 is 2.00 bits per heavy atom. The smallest absolute Gasteiger partial charge is 0.316 e. The summed E-state index contributed by atoms with van der Waals surface area (Å²) in [6.07, 6.45) is 0.920. The van der Waals surface area contributed by atoms with Gasteiger partial charge in [-0.25, -0.2) is 0 Å². The number of rotatable bonds is 4. The molecule has 0 aromatic carbocycles. The molecular formula is C12H22N2O3. The first-order valence-corrected chi connectivity index (χ1v) is 6.02. The first-order valence-electron chi connectivity index (χ1n) is 6.02. The predicted octanol–water partition coefficient (Wildman–Crippen LogP) is 0.506. The zero-order valence-corrected chi connectivity index (χ0v) is 11.0. The van der Waals surface area contributed by atoms with Crippen LogP contribution in [0, 0.1) is 11.8 Å². The van der Waals surface area contributed by atoms with Crippen LogP contribution < -0.4 is 0 Å². The van der Waals surface area contributed by atoms with Crippen molar-refractivity contribution in [3.8, 4) is 0 Å². The van der Waals surface area contributed by atoms with Crippen LogP contribution in [0.5, 0.6) is 0 Å². The second kappa shape index (κ2) is 5.49. The van der Waals surface area contributed by atoms with Gasteiger partial charge in [-0.1, -0.05) is 13.8 Å². The summed E-state index contributed by atoms with van der Waals surface area (Å²) in [5.74, 6) is -2.40. The second-order valence-electron chi connectivity index (χ2n) is 5.21. The normalized spacial score (nSPS) is 22.8. The van der Waals surface area contributed by atoms with Crippen molar-refractivity contribution in [3.05, 3.63) is 0 Å². The van der Waals surface area contributed by atoms with E-state index in [4.69, 9.17) is 5.11 Å². The van der Waals surface area contributed by atoms with Crippen molar-refractivity contribution in [2.75, 3.05) is 27.2 Å². The Morgan fingerprint density at radius 3 is 2.35 bits per heavy atom. The number of carboxylic acid groups (broad SMARTS) is 1. The molecule has 1 fully saturated rings. The molecule has 1 N–H and O–H groups in total. The minimum absolute atomic E-state index is 0.146. The first kappa shape index (κ1) is 14.0. The number of likely N-dealkylation sites (N-methyl/N-ethyl adjacent to an activating group) is 2. The zero-order chi connectivity index (χ0) is 13.2. The van der Waals surface area contributed by atoms with E-state index in [1.165, 1.54) is 0 Å². The Morgan fingerprint density at radius 1 is 1.41 bits per heavy atom. The number of hydrogen-bond acceptors (Lipinski definition) is 3. The number of carboxylic acids is 1. The molecule has 17 heavy (non-hydrogen) atoms. The number of likely N-dealkylation sites (tertiary alicyclic amines) is 1. The van der Waals surface area contributed by atoms with Gasteiger partial charge < -0.3 is 14.9 Å². The third kappa shape index (κ3) is 3.19. The standard InChI is InChI=1S/C12H22N2O3/c1-8(2)10(12(16)17)11(15)14(4)9-5-6-13(3)7-9/h8-10H,5-7H2,1-4H3,(H,16,17). The van der Waals surface area contributed by atoms with Crippen molar-refractivity contribution in [1.82, 2.24) is 9.80 Å². The van der Waals surface area contributed by atoms with Crippen molar-refractivity contribution < 1.29 is 14.7 Å². The molecule has 5 heteroatoms. The summed E-state index contributed by atoms with van der Waals surface area (Å²) in [6.45, 7) is 5.32. The fourth-order valence-corrected chi connectivity index (χ4v) is 2.30. The summed E-state index contributed by atoms with van der Waals surface area (Å²) in [4.78, 5) is 27.0. The van der Waals surface area contributed by atoms with Gasteiger partial charge in [0, 0.05) is 19.6 Å². The van der Waals surface area contributed by atoms with Gasteiger partial charge in [-0.2, -0.15) is 0 Å². The molecule has 1 amide bonds. The Kier molecular flexibility index (Phi) is 4.51. The van der Waals surface area contributed by atoms with Crippen LogP contribution >= 0.6 is 0 Å². The van der Waals surface area contributed by atoms with Gasteiger partial charge in [0.05, 0.1) is 0 Å². The Hall–Kier alpha value is -1.10. The average Bonchev–Trinajstić information content (AvgIpc) is 2.62. The number of carbonyl (C=O) groups excluding carboxylic acids is 1. The number of amides is 1. The molecule has 0 saturated carbocycles. The van der Waals surface area contributed by atoms with Gasteiger partial charge in [-0.3, -0.25) is 9.59 Å². The maximum atomic E-state index is 12.1. The Bertz CT molecular complexity index is 304. The molecule has 0 aromatic heterocycles. The van der Waals surface area contributed by atoms with Crippen LogP contribution in [0.3, 0.4) is 0 Å². The molecule has 2 atom stereocenters. The lowest BCUT2D eigenvalue weighted by Crippen LogP contribution is -2.45. The van der Waals surface area contributed by atoms with Gasteiger partial charge in [0.15, 0.2) is 0 Å². The van der Waals surface area contributed by atoms with Crippen LogP contribution in [0.25, 0.3) is 0 Å². The van der Waals surface area contributed by atoms with Gasteiger partial charge >= 0.3 is 5.97 Å². The molecular weight excluding hydrogens is 220 g/mol. The fraction of sp³-hybridized carbons (Fsp3) is 0.833. The van der Waals surface area contributed by atoms with Gasteiger partial charge in [-0.15, -0.1) is 0 Å². The summed E-state index contributed by atoms with van der Waals surface area (Å²) in [7, 11) is 3.72. The van der Waals surface area contributed by atoms with Crippen molar-refractivity contribution in [2.24, 2.45) is 11.8 Å². The number of carbonyl (C=O) groups is 2. The molecule has 0 spiro atoms. The lowest BCUT2D eigenvalue weighted by molar-refractivity contribution is -0.153. The van der Waals surface area contributed by atoms with Crippen LogP contribution in [-0.2, 0) is 9.59 Å². The molecule has 1 heterocycles. The third-order valence-electron chi connectivity index (χ3n) is 3.46. The van der Waals surface area contributed by atoms with Gasteiger partial charge in [0.1, 0.15) is 5.92 Å². The van der Waals surface area contributed by atoms with E-state index in [1.54, 1.807) is 25.8 Å². The maximum absolute atomic E-state index is 12.1. The summed E-state index contributed by atoms with van der Waals surface area (Å²) in [5.41, 5.74) is 0. The van der Waals surface area contributed by atoms with Crippen LogP contribution in [0.2, 0.25) is 0 Å². The zero-order valence-electron chi connectivity index (χ0n) is 11.0. The molecule has 1 aliphatic rings. The minimum Gasteiger partial charge on any atom is -0.481 e. The highest BCUT2D eigenvalue weighted by Gasteiger charge is 2.35. The van der Waals surface area contributed by atoms with E-state index in [-0.39, 0.29) is 17.9 Å². The van der Waals surface area contributed by atoms with E-state index in [1.807, 2.05) is 7.05 Å².